The maximum Gasteiger partial charge on any atom is 0.435 e. The van der Waals surface area contributed by atoms with Crippen LogP contribution >= 0.6 is 0 Å². The fourth-order valence-corrected chi connectivity index (χ4v) is 2.87. The SMILES string of the molecule is O=C(Cn1nc(C(F)(F)F)cc1C1CC1)Nc1cc(-c2ccccc2)[nH]n1. The smallest absolute Gasteiger partial charge is 0.308 e. The van der Waals surface area contributed by atoms with Crippen molar-refractivity contribution in [1.82, 2.24) is 20.0 Å². The van der Waals surface area contributed by atoms with Gasteiger partial charge in [-0.05, 0) is 24.5 Å². The number of rotatable bonds is 5. The van der Waals surface area contributed by atoms with Crippen molar-refractivity contribution in [3.63, 3.8) is 0 Å². The lowest BCUT2D eigenvalue weighted by molar-refractivity contribution is -0.141. The first-order chi connectivity index (χ1) is 12.9. The molecule has 1 aliphatic rings. The number of alkyl halides is 3. The lowest BCUT2D eigenvalue weighted by Crippen LogP contribution is -2.21. The van der Waals surface area contributed by atoms with E-state index in [4.69, 9.17) is 0 Å². The lowest BCUT2D eigenvalue weighted by atomic mass is 10.2. The highest BCUT2D eigenvalue weighted by molar-refractivity contribution is 5.90. The molecule has 0 atom stereocenters. The molecule has 4 rings (SSSR count). The van der Waals surface area contributed by atoms with E-state index in [-0.39, 0.29) is 12.5 Å². The Hall–Kier alpha value is -3.10. The summed E-state index contributed by atoms with van der Waals surface area (Å²) in [5.41, 5.74) is 1.11. The standard InChI is InChI=1S/C18H16F3N5O/c19-18(20,21)15-9-14(12-6-7-12)26(25-15)10-17(27)22-16-8-13(23-24-16)11-4-2-1-3-5-11/h1-5,8-9,12H,6-7,10H2,(H2,22,23,24,27). The molecule has 0 unspecified atom stereocenters. The molecule has 1 saturated carbocycles. The summed E-state index contributed by atoms with van der Waals surface area (Å²) in [6, 6.07) is 12.1. The molecule has 2 aromatic heterocycles. The van der Waals surface area contributed by atoms with E-state index in [1.165, 1.54) is 0 Å². The molecule has 27 heavy (non-hydrogen) atoms. The molecular formula is C18H16F3N5O. The van der Waals surface area contributed by atoms with Gasteiger partial charge in [0.15, 0.2) is 11.5 Å². The topological polar surface area (TPSA) is 75.6 Å². The van der Waals surface area contributed by atoms with E-state index in [2.05, 4.69) is 20.6 Å². The van der Waals surface area contributed by atoms with Crippen molar-refractivity contribution < 1.29 is 18.0 Å². The average molecular weight is 375 g/mol. The van der Waals surface area contributed by atoms with Gasteiger partial charge in [-0.2, -0.15) is 23.4 Å². The van der Waals surface area contributed by atoms with Gasteiger partial charge in [-0.15, -0.1) is 0 Å². The predicted octanol–water partition coefficient (Wildman–Crippen LogP) is 3.81. The third kappa shape index (κ3) is 3.86. The second-order valence-electron chi connectivity index (χ2n) is 6.47. The highest BCUT2D eigenvalue weighted by atomic mass is 19.4. The fraction of sp³-hybridized carbons (Fsp3) is 0.278. The van der Waals surface area contributed by atoms with E-state index in [1.807, 2.05) is 30.3 Å². The summed E-state index contributed by atoms with van der Waals surface area (Å²) in [5, 5.41) is 13.0. The molecule has 1 aliphatic carbocycles. The Balaban J connectivity index is 1.47. The molecule has 6 nitrogen and oxygen atoms in total. The Kier molecular flexibility index (Phi) is 4.21. The first kappa shape index (κ1) is 17.3. The minimum Gasteiger partial charge on any atom is -0.308 e. The van der Waals surface area contributed by atoms with E-state index < -0.39 is 17.8 Å². The van der Waals surface area contributed by atoms with Gasteiger partial charge in [-0.3, -0.25) is 14.6 Å². The number of hydrogen-bond acceptors (Lipinski definition) is 3. The van der Waals surface area contributed by atoms with Gasteiger partial charge >= 0.3 is 6.18 Å². The monoisotopic (exact) mass is 375 g/mol. The van der Waals surface area contributed by atoms with Crippen molar-refractivity contribution in [1.29, 1.82) is 0 Å². The second kappa shape index (κ2) is 6.57. The van der Waals surface area contributed by atoms with Crippen LogP contribution in [0.1, 0.15) is 30.1 Å². The van der Waals surface area contributed by atoms with E-state index in [9.17, 15) is 18.0 Å². The largest absolute Gasteiger partial charge is 0.435 e. The number of nitrogens with one attached hydrogen (secondary N) is 2. The number of amides is 1. The van der Waals surface area contributed by atoms with Crippen LogP contribution in [0, 0.1) is 0 Å². The predicted molar refractivity (Wildman–Crippen MR) is 91.9 cm³/mol. The minimum absolute atomic E-state index is 0.0384. The summed E-state index contributed by atoms with van der Waals surface area (Å²) in [5.74, 6) is -0.147. The van der Waals surface area contributed by atoms with Gasteiger partial charge in [0.25, 0.3) is 0 Å². The zero-order valence-corrected chi connectivity index (χ0v) is 14.1. The molecule has 1 aromatic carbocycles. The summed E-state index contributed by atoms with van der Waals surface area (Å²) in [6.07, 6.45) is -2.91. The van der Waals surface area contributed by atoms with Crippen molar-refractivity contribution in [3.05, 3.63) is 53.9 Å². The maximum absolute atomic E-state index is 12.9. The zero-order chi connectivity index (χ0) is 19.0. The van der Waals surface area contributed by atoms with E-state index in [1.54, 1.807) is 6.07 Å². The Morgan fingerprint density at radius 1 is 1.22 bits per heavy atom. The molecule has 2 N–H and O–H groups in total. The summed E-state index contributed by atoms with van der Waals surface area (Å²) in [6.45, 7) is -0.296. The number of aromatic amines is 1. The number of nitrogens with zero attached hydrogens (tertiary/aromatic N) is 3. The van der Waals surface area contributed by atoms with Crippen molar-refractivity contribution in [3.8, 4) is 11.3 Å². The summed E-state index contributed by atoms with van der Waals surface area (Å²) >= 11 is 0. The third-order valence-electron chi connectivity index (χ3n) is 4.32. The molecule has 1 amide bonds. The zero-order valence-electron chi connectivity index (χ0n) is 14.1. The van der Waals surface area contributed by atoms with Crippen LogP contribution < -0.4 is 5.32 Å². The third-order valence-corrected chi connectivity index (χ3v) is 4.32. The molecule has 0 spiro atoms. The minimum atomic E-state index is -4.53. The van der Waals surface area contributed by atoms with Crippen LogP contribution in [-0.2, 0) is 17.5 Å². The van der Waals surface area contributed by atoms with Crippen LogP contribution in [0.5, 0.6) is 0 Å². The molecule has 140 valence electrons. The summed E-state index contributed by atoms with van der Waals surface area (Å²) in [7, 11) is 0. The van der Waals surface area contributed by atoms with Gasteiger partial charge in [0.2, 0.25) is 5.91 Å². The van der Waals surface area contributed by atoms with Gasteiger partial charge in [-0.25, -0.2) is 0 Å². The number of carbonyl (C=O) groups excluding carboxylic acids is 1. The van der Waals surface area contributed by atoms with Crippen LogP contribution in [0.4, 0.5) is 19.0 Å². The summed E-state index contributed by atoms with van der Waals surface area (Å²) < 4.78 is 39.9. The number of benzene rings is 1. The number of anilines is 1. The molecular weight excluding hydrogens is 359 g/mol. The van der Waals surface area contributed by atoms with Gasteiger partial charge in [0.05, 0.1) is 5.69 Å². The van der Waals surface area contributed by atoms with E-state index in [0.717, 1.165) is 34.8 Å². The molecule has 3 aromatic rings. The molecule has 0 radical (unpaired) electrons. The second-order valence-corrected chi connectivity index (χ2v) is 6.47. The van der Waals surface area contributed by atoms with Gasteiger partial charge in [0, 0.05) is 17.7 Å². The molecule has 0 aliphatic heterocycles. The molecule has 0 saturated heterocycles. The highest BCUT2D eigenvalue weighted by Gasteiger charge is 2.38. The Bertz CT molecular complexity index is 957. The highest BCUT2D eigenvalue weighted by Crippen LogP contribution is 2.42. The van der Waals surface area contributed by atoms with Crippen LogP contribution in [0.3, 0.4) is 0 Å². The average Bonchev–Trinajstić information content (AvgIpc) is 3.20. The number of aromatic nitrogens is 4. The summed E-state index contributed by atoms with van der Waals surface area (Å²) in [4.78, 5) is 12.3. The molecule has 9 heteroatoms. The van der Waals surface area contributed by atoms with Crippen LogP contribution in [0.25, 0.3) is 11.3 Å². The first-order valence-electron chi connectivity index (χ1n) is 8.46. The Morgan fingerprint density at radius 3 is 2.63 bits per heavy atom. The van der Waals surface area contributed by atoms with Crippen molar-refractivity contribution >= 4 is 11.7 Å². The van der Waals surface area contributed by atoms with Crippen molar-refractivity contribution in [2.24, 2.45) is 0 Å². The molecule has 0 bridgehead atoms. The fourth-order valence-electron chi connectivity index (χ4n) is 2.87. The maximum atomic E-state index is 12.9. The molecule has 1 fully saturated rings. The lowest BCUT2D eigenvalue weighted by Gasteiger charge is -2.06. The van der Waals surface area contributed by atoms with E-state index >= 15 is 0 Å². The van der Waals surface area contributed by atoms with Gasteiger partial charge < -0.3 is 5.32 Å². The first-order valence-corrected chi connectivity index (χ1v) is 8.46. The Labute approximate surface area is 152 Å². The van der Waals surface area contributed by atoms with Crippen molar-refractivity contribution in [2.45, 2.75) is 31.5 Å². The van der Waals surface area contributed by atoms with Crippen LogP contribution in [-0.4, -0.2) is 25.9 Å². The number of H-pyrrole nitrogens is 1. The van der Waals surface area contributed by atoms with Crippen LogP contribution in [0.15, 0.2) is 42.5 Å². The Morgan fingerprint density at radius 2 is 1.96 bits per heavy atom. The quantitative estimate of drug-likeness (QED) is 0.712. The molecule has 2 heterocycles. The van der Waals surface area contributed by atoms with Crippen molar-refractivity contribution in [2.75, 3.05) is 5.32 Å². The normalized spacial score (nSPS) is 14.3. The van der Waals surface area contributed by atoms with Crippen LogP contribution in [0.2, 0.25) is 0 Å². The number of hydrogen-bond donors (Lipinski definition) is 2. The van der Waals surface area contributed by atoms with Gasteiger partial charge in [0.1, 0.15) is 6.54 Å². The van der Waals surface area contributed by atoms with E-state index in [0.29, 0.717) is 11.5 Å². The van der Waals surface area contributed by atoms with Gasteiger partial charge in [-0.1, -0.05) is 30.3 Å². The number of carbonyl (C=O) groups is 1. The number of halogens is 3.